The van der Waals surface area contributed by atoms with E-state index in [0.717, 1.165) is 18.9 Å². The molecule has 6 nitrogen and oxygen atoms in total. The van der Waals surface area contributed by atoms with Crippen molar-refractivity contribution in [2.45, 2.75) is 29.6 Å². The van der Waals surface area contributed by atoms with Crippen molar-refractivity contribution in [3.63, 3.8) is 0 Å². The second kappa shape index (κ2) is 7.31. The van der Waals surface area contributed by atoms with E-state index in [4.69, 9.17) is 14.3 Å². The van der Waals surface area contributed by atoms with Gasteiger partial charge in [0.2, 0.25) is 12.7 Å². The standard InChI is InChI=1S/C19H17F2N3O3S/c20-11-27-19-18-16(3-5-24-19)17(4-6-23-18)26-10-12-7-13(21)9-15(8-12)28(22,25)14-1-2-14/h3-9,14,22H,1-2,10-11H2. The lowest BCUT2D eigenvalue weighted by atomic mass is 10.2. The summed E-state index contributed by atoms with van der Waals surface area (Å²) >= 11 is 0. The summed E-state index contributed by atoms with van der Waals surface area (Å²) in [4.78, 5) is 8.28. The Morgan fingerprint density at radius 2 is 1.93 bits per heavy atom. The minimum atomic E-state index is -3.01. The number of fused-ring (bicyclic) bond motifs is 1. The number of aromatic nitrogens is 2. The van der Waals surface area contributed by atoms with Crippen LogP contribution in [0.1, 0.15) is 18.4 Å². The Bertz CT molecular complexity index is 1130. The molecule has 1 unspecified atom stereocenters. The van der Waals surface area contributed by atoms with Crippen molar-refractivity contribution in [2.75, 3.05) is 6.86 Å². The molecule has 0 aliphatic heterocycles. The zero-order valence-electron chi connectivity index (χ0n) is 14.7. The Morgan fingerprint density at radius 1 is 1.14 bits per heavy atom. The van der Waals surface area contributed by atoms with Crippen LogP contribution < -0.4 is 9.47 Å². The van der Waals surface area contributed by atoms with Gasteiger partial charge in [0.1, 0.15) is 23.7 Å². The molecule has 1 aliphatic rings. The molecule has 1 N–H and O–H groups in total. The molecule has 0 spiro atoms. The molecule has 3 aromatic rings. The SMILES string of the molecule is N=S(=O)(c1cc(F)cc(COc2ccnc3c(OCF)nccc23)c1)C1CC1. The molecule has 2 aromatic heterocycles. The predicted octanol–water partition coefficient (Wildman–Crippen LogP) is 4.22. The molecule has 146 valence electrons. The molecule has 0 bridgehead atoms. The second-order valence-electron chi connectivity index (χ2n) is 6.46. The van der Waals surface area contributed by atoms with Gasteiger partial charge in [-0.15, -0.1) is 0 Å². The van der Waals surface area contributed by atoms with Crippen LogP contribution in [0.15, 0.2) is 47.6 Å². The van der Waals surface area contributed by atoms with Crippen molar-refractivity contribution in [2.24, 2.45) is 0 Å². The molecule has 2 heterocycles. The lowest BCUT2D eigenvalue weighted by Gasteiger charge is -2.12. The molecule has 0 amide bonds. The van der Waals surface area contributed by atoms with Gasteiger partial charge in [0.15, 0.2) is 0 Å². The fourth-order valence-electron chi connectivity index (χ4n) is 2.94. The number of ether oxygens (including phenoxy) is 2. The van der Waals surface area contributed by atoms with Crippen LogP contribution in [-0.2, 0) is 16.3 Å². The van der Waals surface area contributed by atoms with Gasteiger partial charge in [-0.05, 0) is 48.7 Å². The third-order valence-electron chi connectivity index (χ3n) is 4.45. The largest absolute Gasteiger partial charge is 0.488 e. The Hall–Kier alpha value is -2.81. The molecule has 1 aromatic carbocycles. The Labute approximate surface area is 160 Å². The quantitative estimate of drug-likeness (QED) is 0.636. The molecular formula is C19H17F2N3O3S. The predicted molar refractivity (Wildman–Crippen MR) is 99.0 cm³/mol. The number of benzene rings is 1. The monoisotopic (exact) mass is 405 g/mol. The third-order valence-corrected chi connectivity index (χ3v) is 6.79. The molecule has 9 heteroatoms. The number of halogens is 2. The van der Waals surface area contributed by atoms with Crippen molar-refractivity contribution in [1.29, 1.82) is 4.78 Å². The Kier molecular flexibility index (Phi) is 4.84. The number of nitrogens with zero attached hydrogens (tertiary/aromatic N) is 2. The summed E-state index contributed by atoms with van der Waals surface area (Å²) in [5, 5.41) is 0.369. The van der Waals surface area contributed by atoms with E-state index >= 15 is 0 Å². The number of alkyl halides is 1. The first kappa shape index (κ1) is 18.5. The van der Waals surface area contributed by atoms with Gasteiger partial charge in [0.05, 0.1) is 14.6 Å². The molecule has 0 saturated heterocycles. The van der Waals surface area contributed by atoms with Gasteiger partial charge in [-0.2, -0.15) is 0 Å². The molecule has 4 rings (SSSR count). The summed E-state index contributed by atoms with van der Waals surface area (Å²) in [6, 6.07) is 7.28. The minimum Gasteiger partial charge on any atom is -0.488 e. The number of rotatable bonds is 7. The molecule has 28 heavy (non-hydrogen) atoms. The average Bonchev–Trinajstić information content (AvgIpc) is 3.52. The van der Waals surface area contributed by atoms with Crippen LogP contribution in [0.4, 0.5) is 8.78 Å². The van der Waals surface area contributed by atoms with Crippen LogP contribution in [0, 0.1) is 10.6 Å². The smallest absolute Gasteiger partial charge is 0.243 e. The maximum absolute atomic E-state index is 14.0. The van der Waals surface area contributed by atoms with Gasteiger partial charge in [0.25, 0.3) is 0 Å². The molecule has 1 saturated carbocycles. The van der Waals surface area contributed by atoms with E-state index in [2.05, 4.69) is 9.97 Å². The Balaban J connectivity index is 1.62. The van der Waals surface area contributed by atoms with E-state index < -0.39 is 22.4 Å². The van der Waals surface area contributed by atoms with Crippen LogP contribution in [0.3, 0.4) is 0 Å². The highest BCUT2D eigenvalue weighted by Gasteiger charge is 2.34. The average molecular weight is 405 g/mol. The van der Waals surface area contributed by atoms with Gasteiger partial charge in [-0.25, -0.2) is 22.8 Å². The zero-order valence-corrected chi connectivity index (χ0v) is 15.5. The van der Waals surface area contributed by atoms with Gasteiger partial charge in [-0.1, -0.05) is 0 Å². The molecular weight excluding hydrogens is 388 g/mol. The summed E-state index contributed by atoms with van der Waals surface area (Å²) < 4.78 is 57.9. The van der Waals surface area contributed by atoms with Gasteiger partial charge in [-0.3, -0.25) is 4.98 Å². The Morgan fingerprint density at radius 3 is 2.68 bits per heavy atom. The minimum absolute atomic E-state index is 0.00564. The van der Waals surface area contributed by atoms with Crippen LogP contribution in [-0.4, -0.2) is 26.3 Å². The van der Waals surface area contributed by atoms with E-state index in [1.165, 1.54) is 18.5 Å². The summed E-state index contributed by atoms with van der Waals surface area (Å²) in [7, 11) is -3.01. The molecule has 1 atom stereocenters. The van der Waals surface area contributed by atoms with Gasteiger partial charge < -0.3 is 9.47 Å². The van der Waals surface area contributed by atoms with E-state index in [-0.39, 0.29) is 22.6 Å². The van der Waals surface area contributed by atoms with Crippen molar-refractivity contribution < 1.29 is 22.5 Å². The maximum Gasteiger partial charge on any atom is 0.243 e. The highest BCUT2D eigenvalue weighted by atomic mass is 32.2. The first-order valence-electron chi connectivity index (χ1n) is 8.61. The van der Waals surface area contributed by atoms with Crippen molar-refractivity contribution in [3.05, 3.63) is 54.1 Å². The normalized spacial score (nSPS) is 15.9. The first-order valence-corrected chi connectivity index (χ1v) is 10.2. The fraction of sp³-hybridized carbons (Fsp3) is 0.263. The number of hydrogen-bond acceptors (Lipinski definition) is 6. The van der Waals surface area contributed by atoms with Crippen molar-refractivity contribution >= 4 is 20.6 Å². The van der Waals surface area contributed by atoms with Crippen LogP contribution in [0.2, 0.25) is 0 Å². The highest BCUT2D eigenvalue weighted by Crippen LogP contribution is 2.35. The number of pyridine rings is 2. The summed E-state index contributed by atoms with van der Waals surface area (Å²) in [6.07, 6.45) is 4.38. The molecule has 1 aliphatic carbocycles. The van der Waals surface area contributed by atoms with Crippen LogP contribution >= 0.6 is 0 Å². The maximum atomic E-state index is 14.0. The first-order chi connectivity index (χ1) is 13.5. The lowest BCUT2D eigenvalue weighted by Crippen LogP contribution is -2.07. The molecule has 1 fully saturated rings. The van der Waals surface area contributed by atoms with Gasteiger partial charge >= 0.3 is 0 Å². The second-order valence-corrected chi connectivity index (χ2v) is 8.80. The summed E-state index contributed by atoms with van der Waals surface area (Å²) in [6.45, 7) is -1.02. The van der Waals surface area contributed by atoms with Crippen molar-refractivity contribution in [1.82, 2.24) is 9.97 Å². The summed E-state index contributed by atoms with van der Waals surface area (Å²) in [5.74, 6) is -0.0632. The van der Waals surface area contributed by atoms with Gasteiger partial charge in [0, 0.05) is 23.0 Å². The number of hydrogen-bond donors (Lipinski definition) is 1. The summed E-state index contributed by atoms with van der Waals surface area (Å²) in [5.41, 5.74) is 0.815. The van der Waals surface area contributed by atoms with E-state index in [9.17, 15) is 13.0 Å². The molecule has 0 radical (unpaired) electrons. The third kappa shape index (κ3) is 3.62. The van der Waals surface area contributed by atoms with Crippen LogP contribution in [0.25, 0.3) is 10.9 Å². The zero-order chi connectivity index (χ0) is 19.7. The van der Waals surface area contributed by atoms with E-state index in [0.29, 0.717) is 22.2 Å². The highest BCUT2D eigenvalue weighted by molar-refractivity contribution is 7.93. The van der Waals surface area contributed by atoms with Crippen molar-refractivity contribution in [3.8, 4) is 11.6 Å². The lowest BCUT2D eigenvalue weighted by molar-refractivity contribution is 0.187. The van der Waals surface area contributed by atoms with E-state index in [1.807, 2.05) is 0 Å². The van der Waals surface area contributed by atoms with E-state index in [1.54, 1.807) is 18.2 Å². The van der Waals surface area contributed by atoms with Crippen LogP contribution in [0.5, 0.6) is 11.6 Å². The number of nitrogens with one attached hydrogen (secondary N) is 1. The topological polar surface area (TPSA) is 85.2 Å². The fourth-order valence-corrected chi connectivity index (χ4v) is 4.74.